The zero-order chi connectivity index (χ0) is 18.8. The largest absolute Gasteiger partial charge is 0.470 e. The Hall–Kier alpha value is -1.64. The molecule has 25 heavy (non-hydrogen) atoms. The molecule has 0 N–H and O–H groups in total. The normalized spacial score (nSPS) is 17.5. The van der Waals surface area contributed by atoms with E-state index in [1.54, 1.807) is 0 Å². The summed E-state index contributed by atoms with van der Waals surface area (Å²) < 4.78 is 42.4. The molecule has 0 saturated carbocycles. The average molecular weight is 362 g/mol. The van der Waals surface area contributed by atoms with E-state index in [0.717, 1.165) is 0 Å². The van der Waals surface area contributed by atoms with Crippen LogP contribution in [0.15, 0.2) is 4.42 Å². The Morgan fingerprint density at radius 1 is 1.20 bits per heavy atom. The molecule has 0 radical (unpaired) electrons. The fourth-order valence-corrected chi connectivity index (χ4v) is 3.30. The molecule has 1 fully saturated rings. The number of piperidine rings is 1. The van der Waals surface area contributed by atoms with Crippen molar-refractivity contribution in [3.8, 4) is 0 Å². The van der Waals surface area contributed by atoms with Crippen LogP contribution in [0.2, 0.25) is 0 Å². The summed E-state index contributed by atoms with van der Waals surface area (Å²) in [6, 6.07) is 0.258. The van der Waals surface area contributed by atoms with Crippen LogP contribution in [0.3, 0.4) is 0 Å². The van der Waals surface area contributed by atoms with Gasteiger partial charge in [0.05, 0.1) is 6.54 Å². The van der Waals surface area contributed by atoms with Crippen molar-refractivity contribution in [2.75, 3.05) is 19.6 Å². The highest BCUT2D eigenvalue weighted by Crippen LogP contribution is 2.32. The van der Waals surface area contributed by atoms with Gasteiger partial charge in [-0.3, -0.25) is 9.69 Å². The number of carbonyl (C=O) groups is 1. The van der Waals surface area contributed by atoms with Crippen molar-refractivity contribution in [2.24, 2.45) is 0 Å². The smallest absolute Gasteiger partial charge is 0.417 e. The second-order valence-electron chi connectivity index (χ2n) is 6.98. The molecule has 0 atom stereocenters. The number of amides is 1. The summed E-state index contributed by atoms with van der Waals surface area (Å²) in [5.74, 6) is -1.39. The maximum Gasteiger partial charge on any atom is 0.470 e. The van der Waals surface area contributed by atoms with Crippen LogP contribution in [0.5, 0.6) is 0 Å². The van der Waals surface area contributed by atoms with E-state index in [1.165, 1.54) is 0 Å². The summed E-state index contributed by atoms with van der Waals surface area (Å²) >= 11 is 0. The number of aromatic nitrogens is 2. The molecule has 1 aromatic heterocycles. The third-order valence-corrected chi connectivity index (χ3v) is 4.38. The number of likely N-dealkylation sites (tertiary alicyclic amines) is 1. The lowest BCUT2D eigenvalue weighted by Crippen LogP contribution is -2.48. The minimum atomic E-state index is -4.62. The van der Waals surface area contributed by atoms with E-state index in [9.17, 15) is 18.0 Å². The maximum atomic E-state index is 12.5. The van der Waals surface area contributed by atoms with Crippen LogP contribution in [-0.2, 0) is 11.0 Å². The van der Waals surface area contributed by atoms with E-state index in [2.05, 4.69) is 10.2 Å². The molecule has 0 bridgehead atoms. The summed E-state index contributed by atoms with van der Waals surface area (Å²) in [5, 5.41) is 6.61. The van der Waals surface area contributed by atoms with Gasteiger partial charge in [0, 0.05) is 18.0 Å². The van der Waals surface area contributed by atoms with Gasteiger partial charge in [-0.25, -0.2) is 0 Å². The Morgan fingerprint density at radius 3 is 2.20 bits per heavy atom. The molecule has 142 valence electrons. The summed E-state index contributed by atoms with van der Waals surface area (Å²) in [7, 11) is 0. The summed E-state index contributed by atoms with van der Waals surface area (Å²) in [6.45, 7) is 9.49. The Balaban J connectivity index is 1.89. The Morgan fingerprint density at radius 2 is 1.76 bits per heavy atom. The first kappa shape index (κ1) is 19.7. The van der Waals surface area contributed by atoms with E-state index in [1.807, 2.05) is 37.5 Å². The zero-order valence-corrected chi connectivity index (χ0v) is 15.0. The topological polar surface area (TPSA) is 62.5 Å². The van der Waals surface area contributed by atoms with E-state index in [-0.39, 0.29) is 29.8 Å². The van der Waals surface area contributed by atoms with E-state index < -0.39 is 12.1 Å². The van der Waals surface area contributed by atoms with Crippen LogP contribution in [0.1, 0.15) is 58.2 Å². The van der Waals surface area contributed by atoms with Crippen LogP contribution < -0.4 is 0 Å². The molecule has 6 nitrogen and oxygen atoms in total. The van der Waals surface area contributed by atoms with Crippen LogP contribution in [0.25, 0.3) is 0 Å². The number of carbonyl (C=O) groups excluding carboxylic acids is 1. The Bertz CT molecular complexity index is 570. The number of nitrogens with zero attached hydrogens (tertiary/aromatic N) is 4. The van der Waals surface area contributed by atoms with Crippen LogP contribution in [0.4, 0.5) is 13.2 Å². The molecule has 1 saturated heterocycles. The monoisotopic (exact) mass is 362 g/mol. The third kappa shape index (κ3) is 4.93. The van der Waals surface area contributed by atoms with Gasteiger partial charge < -0.3 is 9.32 Å². The summed E-state index contributed by atoms with van der Waals surface area (Å²) in [6.07, 6.45) is -3.43. The molecule has 0 aromatic carbocycles. The van der Waals surface area contributed by atoms with Gasteiger partial charge in [-0.1, -0.05) is 0 Å². The van der Waals surface area contributed by atoms with Crippen LogP contribution in [-0.4, -0.2) is 57.6 Å². The zero-order valence-electron chi connectivity index (χ0n) is 15.0. The van der Waals surface area contributed by atoms with Crippen molar-refractivity contribution < 1.29 is 22.4 Å². The number of rotatable bonds is 5. The van der Waals surface area contributed by atoms with E-state index >= 15 is 0 Å². The first-order chi connectivity index (χ1) is 11.6. The molecule has 2 heterocycles. The predicted molar refractivity (Wildman–Crippen MR) is 84.8 cm³/mol. The lowest BCUT2D eigenvalue weighted by Gasteiger charge is -2.35. The van der Waals surface area contributed by atoms with Crippen molar-refractivity contribution in [3.05, 3.63) is 11.8 Å². The SMILES string of the molecule is CC(C)N(C(=O)CN1CCC(c2nnc(C(F)(F)F)o2)CC1)C(C)C. The van der Waals surface area contributed by atoms with Gasteiger partial charge in [-0.05, 0) is 53.6 Å². The Kier molecular flexibility index (Phi) is 6.08. The number of hydrogen-bond acceptors (Lipinski definition) is 5. The Labute approximate surface area is 145 Å². The van der Waals surface area contributed by atoms with Gasteiger partial charge in [-0.2, -0.15) is 13.2 Å². The van der Waals surface area contributed by atoms with Crippen LogP contribution in [0, 0.1) is 0 Å². The van der Waals surface area contributed by atoms with Crippen molar-refractivity contribution in [3.63, 3.8) is 0 Å². The lowest BCUT2D eigenvalue weighted by atomic mass is 9.97. The van der Waals surface area contributed by atoms with Gasteiger partial charge in [-0.15, -0.1) is 10.2 Å². The number of alkyl halides is 3. The highest BCUT2D eigenvalue weighted by Gasteiger charge is 2.39. The molecule has 9 heteroatoms. The molecular weight excluding hydrogens is 337 g/mol. The van der Waals surface area contributed by atoms with E-state index in [0.29, 0.717) is 32.5 Å². The molecule has 2 rings (SSSR count). The number of hydrogen-bond donors (Lipinski definition) is 0. The van der Waals surface area contributed by atoms with Crippen LogP contribution >= 0.6 is 0 Å². The number of halogens is 3. The van der Waals surface area contributed by atoms with Crippen molar-refractivity contribution in [1.82, 2.24) is 20.0 Å². The van der Waals surface area contributed by atoms with Gasteiger partial charge >= 0.3 is 12.1 Å². The second kappa shape index (κ2) is 7.72. The fourth-order valence-electron chi connectivity index (χ4n) is 3.30. The molecule has 1 aromatic rings. The minimum absolute atomic E-state index is 0.0317. The molecular formula is C16H25F3N4O2. The average Bonchev–Trinajstić information content (AvgIpc) is 2.97. The quantitative estimate of drug-likeness (QED) is 0.806. The van der Waals surface area contributed by atoms with Crippen molar-refractivity contribution in [1.29, 1.82) is 0 Å². The first-order valence-electron chi connectivity index (χ1n) is 8.53. The van der Waals surface area contributed by atoms with Gasteiger partial charge in [0.15, 0.2) is 0 Å². The van der Waals surface area contributed by atoms with Crippen molar-refractivity contribution in [2.45, 2.75) is 64.7 Å². The predicted octanol–water partition coefficient (Wildman–Crippen LogP) is 2.91. The highest BCUT2D eigenvalue weighted by atomic mass is 19.4. The third-order valence-electron chi connectivity index (χ3n) is 4.38. The molecule has 0 aliphatic carbocycles. The second-order valence-corrected chi connectivity index (χ2v) is 6.98. The van der Waals surface area contributed by atoms with Gasteiger partial charge in [0.2, 0.25) is 11.8 Å². The highest BCUT2D eigenvalue weighted by molar-refractivity contribution is 5.78. The molecule has 0 unspecified atom stereocenters. The molecule has 1 aliphatic heterocycles. The molecule has 0 spiro atoms. The molecule has 1 amide bonds. The molecule has 1 aliphatic rings. The van der Waals surface area contributed by atoms with E-state index in [4.69, 9.17) is 4.42 Å². The standard InChI is InChI=1S/C16H25F3N4O2/c1-10(2)23(11(3)4)13(24)9-22-7-5-12(6-8-22)14-20-21-15(25-14)16(17,18)19/h10-12H,5-9H2,1-4H3. The maximum absolute atomic E-state index is 12.5. The minimum Gasteiger partial charge on any atom is -0.417 e. The summed E-state index contributed by atoms with van der Waals surface area (Å²) in [4.78, 5) is 16.4. The first-order valence-corrected chi connectivity index (χ1v) is 8.53. The van der Waals surface area contributed by atoms with Gasteiger partial charge in [0.25, 0.3) is 0 Å². The van der Waals surface area contributed by atoms with Crippen molar-refractivity contribution >= 4 is 5.91 Å². The van der Waals surface area contributed by atoms with Gasteiger partial charge in [0.1, 0.15) is 0 Å². The fraction of sp³-hybridized carbons (Fsp3) is 0.812. The summed E-state index contributed by atoms with van der Waals surface area (Å²) in [5.41, 5.74) is 0. The lowest BCUT2D eigenvalue weighted by molar-refractivity contribution is -0.157.